The van der Waals surface area contributed by atoms with Crippen LogP contribution >= 0.6 is 0 Å². The molecule has 0 spiro atoms. The molecule has 0 bridgehead atoms. The van der Waals surface area contributed by atoms with E-state index in [2.05, 4.69) is 15.3 Å². The van der Waals surface area contributed by atoms with Crippen molar-refractivity contribution in [1.29, 1.82) is 0 Å². The number of nitrogens with zero attached hydrogens (tertiary/aromatic N) is 2. The highest BCUT2D eigenvalue weighted by Gasteiger charge is 2.08. The van der Waals surface area contributed by atoms with Gasteiger partial charge in [-0.1, -0.05) is 30.3 Å². The van der Waals surface area contributed by atoms with Crippen LogP contribution in [0.4, 0.5) is 5.82 Å². The van der Waals surface area contributed by atoms with Gasteiger partial charge in [0.2, 0.25) is 0 Å². The van der Waals surface area contributed by atoms with Crippen molar-refractivity contribution >= 4 is 5.82 Å². The van der Waals surface area contributed by atoms with Crippen LogP contribution in [0.15, 0.2) is 59.4 Å². The Hall–Kier alpha value is -2.62. The smallest absolute Gasteiger partial charge is 0.162 e. The number of nitrogens with one attached hydrogen (secondary N) is 1. The van der Waals surface area contributed by atoms with Crippen LogP contribution in [-0.2, 0) is 0 Å². The summed E-state index contributed by atoms with van der Waals surface area (Å²) in [5.74, 6) is 1.53. The Bertz CT molecular complexity index is 678. The molecule has 3 rings (SSSR count). The third-order valence-corrected chi connectivity index (χ3v) is 2.93. The molecule has 3 aromatic rings. The third kappa shape index (κ3) is 2.54. The monoisotopic (exact) mass is 265 g/mol. The number of rotatable bonds is 4. The second-order valence-corrected chi connectivity index (χ2v) is 4.37. The molecule has 0 radical (unpaired) electrons. The fraction of sp³-hybridized carbons (Fsp3) is 0.125. The topological polar surface area (TPSA) is 51.0 Å². The van der Waals surface area contributed by atoms with Crippen molar-refractivity contribution in [3.8, 4) is 22.6 Å². The average molecular weight is 265 g/mol. The lowest BCUT2D eigenvalue weighted by atomic mass is 10.2. The predicted molar refractivity (Wildman–Crippen MR) is 79.3 cm³/mol. The molecule has 20 heavy (non-hydrogen) atoms. The van der Waals surface area contributed by atoms with Gasteiger partial charge in [-0.3, -0.25) is 0 Å². The molecule has 0 saturated heterocycles. The molecule has 0 unspecified atom stereocenters. The van der Waals surface area contributed by atoms with E-state index in [1.165, 1.54) is 0 Å². The summed E-state index contributed by atoms with van der Waals surface area (Å²) in [6, 6.07) is 13.8. The highest BCUT2D eigenvalue weighted by molar-refractivity contribution is 5.66. The van der Waals surface area contributed by atoms with Crippen molar-refractivity contribution in [2.24, 2.45) is 0 Å². The van der Waals surface area contributed by atoms with Crippen molar-refractivity contribution in [2.75, 3.05) is 11.9 Å². The first-order valence-electron chi connectivity index (χ1n) is 6.58. The predicted octanol–water partition coefficient (Wildman–Crippen LogP) is 3.84. The summed E-state index contributed by atoms with van der Waals surface area (Å²) in [5.41, 5.74) is 2.80. The van der Waals surface area contributed by atoms with Crippen molar-refractivity contribution in [1.82, 2.24) is 9.97 Å². The van der Waals surface area contributed by atoms with E-state index in [0.717, 1.165) is 29.2 Å². The standard InChI is InChI=1S/C16H15N3O/c1-2-17-15-10-14(13-8-9-20-11-13)18-16(19-15)12-6-4-3-5-7-12/h3-11H,2H2,1H3,(H,17,18,19). The molecular formula is C16H15N3O. The Morgan fingerprint density at radius 1 is 1.05 bits per heavy atom. The quantitative estimate of drug-likeness (QED) is 0.778. The first kappa shape index (κ1) is 12.4. The van der Waals surface area contributed by atoms with Crippen LogP contribution in [0.25, 0.3) is 22.6 Å². The second kappa shape index (κ2) is 5.57. The molecule has 0 aliphatic carbocycles. The van der Waals surface area contributed by atoms with Gasteiger partial charge in [-0.15, -0.1) is 0 Å². The average Bonchev–Trinajstić information content (AvgIpc) is 3.02. The summed E-state index contributed by atoms with van der Waals surface area (Å²) in [6.45, 7) is 2.86. The van der Waals surface area contributed by atoms with Gasteiger partial charge in [0.1, 0.15) is 5.82 Å². The maximum absolute atomic E-state index is 5.13. The lowest BCUT2D eigenvalue weighted by Gasteiger charge is -2.08. The van der Waals surface area contributed by atoms with E-state index in [4.69, 9.17) is 4.42 Å². The van der Waals surface area contributed by atoms with Crippen LogP contribution in [0.2, 0.25) is 0 Å². The van der Waals surface area contributed by atoms with Crippen LogP contribution in [0.5, 0.6) is 0 Å². The van der Waals surface area contributed by atoms with E-state index in [0.29, 0.717) is 5.82 Å². The lowest BCUT2D eigenvalue weighted by Crippen LogP contribution is -2.02. The van der Waals surface area contributed by atoms with Gasteiger partial charge in [-0.05, 0) is 13.0 Å². The van der Waals surface area contributed by atoms with Gasteiger partial charge in [-0.2, -0.15) is 0 Å². The summed E-state index contributed by atoms with van der Waals surface area (Å²) < 4.78 is 5.13. The second-order valence-electron chi connectivity index (χ2n) is 4.37. The van der Waals surface area contributed by atoms with Crippen LogP contribution in [0, 0.1) is 0 Å². The first-order chi connectivity index (χ1) is 9.86. The zero-order chi connectivity index (χ0) is 13.8. The molecule has 0 aliphatic rings. The van der Waals surface area contributed by atoms with Gasteiger partial charge in [-0.25, -0.2) is 9.97 Å². The van der Waals surface area contributed by atoms with Gasteiger partial charge in [0.15, 0.2) is 5.82 Å². The number of benzene rings is 1. The SMILES string of the molecule is CCNc1cc(-c2ccoc2)nc(-c2ccccc2)n1. The fourth-order valence-electron chi connectivity index (χ4n) is 1.99. The molecule has 2 heterocycles. The highest BCUT2D eigenvalue weighted by atomic mass is 16.3. The molecule has 0 aliphatic heterocycles. The van der Waals surface area contributed by atoms with Crippen LogP contribution in [0.3, 0.4) is 0 Å². The minimum atomic E-state index is 0.709. The summed E-state index contributed by atoms with van der Waals surface area (Å²) in [5, 5.41) is 3.24. The molecule has 100 valence electrons. The van der Waals surface area contributed by atoms with E-state index in [-0.39, 0.29) is 0 Å². The van der Waals surface area contributed by atoms with Gasteiger partial charge in [0, 0.05) is 23.7 Å². The van der Waals surface area contributed by atoms with Crippen molar-refractivity contribution in [3.05, 3.63) is 55.0 Å². The van der Waals surface area contributed by atoms with Crippen LogP contribution in [-0.4, -0.2) is 16.5 Å². The lowest BCUT2D eigenvalue weighted by molar-refractivity contribution is 0.568. The van der Waals surface area contributed by atoms with E-state index >= 15 is 0 Å². The molecule has 4 heteroatoms. The summed E-state index contributed by atoms with van der Waals surface area (Å²) in [4.78, 5) is 9.17. The first-order valence-corrected chi connectivity index (χ1v) is 6.58. The van der Waals surface area contributed by atoms with E-state index in [1.54, 1.807) is 12.5 Å². The Morgan fingerprint density at radius 3 is 2.60 bits per heavy atom. The number of hydrogen-bond donors (Lipinski definition) is 1. The molecule has 1 aromatic carbocycles. The minimum Gasteiger partial charge on any atom is -0.472 e. The zero-order valence-corrected chi connectivity index (χ0v) is 11.2. The number of aromatic nitrogens is 2. The van der Waals surface area contributed by atoms with E-state index in [1.807, 2.05) is 49.4 Å². The van der Waals surface area contributed by atoms with E-state index in [9.17, 15) is 0 Å². The Balaban J connectivity index is 2.10. The Kier molecular flexibility index (Phi) is 3.46. The maximum atomic E-state index is 5.13. The van der Waals surface area contributed by atoms with Crippen LogP contribution in [0.1, 0.15) is 6.92 Å². The molecule has 0 amide bonds. The fourth-order valence-corrected chi connectivity index (χ4v) is 1.99. The zero-order valence-electron chi connectivity index (χ0n) is 11.2. The molecule has 0 saturated carbocycles. The Labute approximate surface area is 117 Å². The third-order valence-electron chi connectivity index (χ3n) is 2.93. The maximum Gasteiger partial charge on any atom is 0.162 e. The van der Waals surface area contributed by atoms with Gasteiger partial charge < -0.3 is 9.73 Å². The van der Waals surface area contributed by atoms with Gasteiger partial charge in [0.25, 0.3) is 0 Å². The van der Waals surface area contributed by atoms with Gasteiger partial charge in [0.05, 0.1) is 18.2 Å². The summed E-state index contributed by atoms with van der Waals surface area (Å²) >= 11 is 0. The molecule has 0 fully saturated rings. The van der Waals surface area contributed by atoms with E-state index < -0.39 is 0 Å². The van der Waals surface area contributed by atoms with Crippen molar-refractivity contribution < 1.29 is 4.42 Å². The normalized spacial score (nSPS) is 10.4. The van der Waals surface area contributed by atoms with Crippen molar-refractivity contribution in [2.45, 2.75) is 6.92 Å². The largest absolute Gasteiger partial charge is 0.472 e. The molecular weight excluding hydrogens is 250 g/mol. The molecule has 2 aromatic heterocycles. The molecule has 0 atom stereocenters. The Morgan fingerprint density at radius 2 is 1.90 bits per heavy atom. The molecule has 1 N–H and O–H groups in total. The van der Waals surface area contributed by atoms with Crippen LogP contribution < -0.4 is 5.32 Å². The number of hydrogen-bond acceptors (Lipinski definition) is 4. The minimum absolute atomic E-state index is 0.709. The summed E-state index contributed by atoms with van der Waals surface area (Å²) in [7, 11) is 0. The number of anilines is 1. The molecule has 4 nitrogen and oxygen atoms in total. The van der Waals surface area contributed by atoms with Crippen molar-refractivity contribution in [3.63, 3.8) is 0 Å². The summed E-state index contributed by atoms with van der Waals surface area (Å²) in [6.07, 6.45) is 3.33. The highest BCUT2D eigenvalue weighted by Crippen LogP contribution is 2.24. The number of furan rings is 1. The van der Waals surface area contributed by atoms with Gasteiger partial charge >= 0.3 is 0 Å².